The van der Waals surface area contributed by atoms with Crippen LogP contribution in [0.4, 0.5) is 0 Å². The van der Waals surface area contributed by atoms with Gasteiger partial charge < -0.3 is 19.1 Å². The Balaban J connectivity index is 1.24. The van der Waals surface area contributed by atoms with E-state index in [0.717, 1.165) is 52.8 Å². The number of likely N-dealkylation sites (N-methyl/N-ethyl adjacent to an activating group) is 1. The molecule has 2 heterocycles. The number of hydrogen-bond donors (Lipinski definition) is 0. The van der Waals surface area contributed by atoms with Gasteiger partial charge in [-0.25, -0.2) is 4.98 Å². The molecule has 1 amide bonds. The maximum Gasteiger partial charge on any atom is 0.273 e. The number of fused-ring (bicyclic) bond motifs is 1. The second kappa shape index (κ2) is 13.2. The van der Waals surface area contributed by atoms with Crippen molar-refractivity contribution < 1.29 is 19.0 Å². The Bertz CT molecular complexity index is 1480. The number of benzene rings is 3. The first kappa shape index (κ1) is 28.6. The first-order valence-corrected chi connectivity index (χ1v) is 14.8. The summed E-state index contributed by atoms with van der Waals surface area (Å²) in [6.45, 7) is 7.18. The third-order valence-electron chi connectivity index (χ3n) is 7.31. The summed E-state index contributed by atoms with van der Waals surface area (Å²) in [5, 5.41) is 2.78. The number of carbonyl (C=O) groups is 1. The third kappa shape index (κ3) is 7.26. The van der Waals surface area contributed by atoms with Gasteiger partial charge in [-0.1, -0.05) is 55.0 Å². The van der Waals surface area contributed by atoms with Crippen molar-refractivity contribution >= 4 is 17.2 Å². The highest BCUT2D eigenvalue weighted by molar-refractivity contribution is 7.09. The van der Waals surface area contributed by atoms with Gasteiger partial charge in [0.05, 0.1) is 13.7 Å². The van der Waals surface area contributed by atoms with E-state index in [1.54, 1.807) is 12.0 Å². The number of aryl methyl sites for hydroxylation is 2. The molecule has 7 nitrogen and oxygen atoms in total. The minimum atomic E-state index is -0.0644. The van der Waals surface area contributed by atoms with Crippen LogP contribution in [-0.2, 0) is 32.5 Å². The van der Waals surface area contributed by atoms with E-state index < -0.39 is 0 Å². The lowest BCUT2D eigenvalue weighted by Gasteiger charge is -2.22. The molecule has 0 saturated carbocycles. The zero-order valence-electron chi connectivity index (χ0n) is 24.2. The van der Waals surface area contributed by atoms with Crippen molar-refractivity contribution in [3.63, 3.8) is 0 Å². The molecule has 5 rings (SSSR count). The van der Waals surface area contributed by atoms with E-state index in [1.807, 2.05) is 24.6 Å². The van der Waals surface area contributed by atoms with Crippen LogP contribution >= 0.6 is 11.3 Å². The van der Waals surface area contributed by atoms with Crippen LogP contribution in [0.15, 0.2) is 66.0 Å². The van der Waals surface area contributed by atoms with Crippen molar-refractivity contribution in [2.75, 3.05) is 27.5 Å². The highest BCUT2D eigenvalue weighted by Crippen LogP contribution is 2.33. The predicted octanol–water partition coefficient (Wildman–Crippen LogP) is 6.27. The number of carbonyl (C=O) groups excluding carboxylic acids is 1. The SMILES string of the molecule is CCc1ccc(CCN(C)C(=O)c2csc(CN(Cc3ccc(C)cc3)Cc3ccc4c(c3)OCO4)n2)cc1OC. The summed E-state index contributed by atoms with van der Waals surface area (Å²) in [5.41, 5.74) is 6.42. The molecule has 8 heteroatoms. The molecular weight excluding hydrogens is 534 g/mol. The average Bonchev–Trinajstić information content (AvgIpc) is 3.66. The van der Waals surface area contributed by atoms with Gasteiger partial charge in [0.2, 0.25) is 6.79 Å². The smallest absolute Gasteiger partial charge is 0.273 e. The van der Waals surface area contributed by atoms with Crippen LogP contribution in [0.3, 0.4) is 0 Å². The zero-order chi connectivity index (χ0) is 28.8. The topological polar surface area (TPSA) is 64.1 Å². The quantitative estimate of drug-likeness (QED) is 0.200. The van der Waals surface area contributed by atoms with E-state index in [-0.39, 0.29) is 12.7 Å². The van der Waals surface area contributed by atoms with Crippen molar-refractivity contribution in [3.8, 4) is 17.2 Å². The van der Waals surface area contributed by atoms with Gasteiger partial charge in [-0.05, 0) is 60.2 Å². The number of rotatable bonds is 12. The Labute approximate surface area is 246 Å². The second-order valence-corrected chi connectivity index (χ2v) is 11.4. The molecule has 0 fully saturated rings. The van der Waals surface area contributed by atoms with Gasteiger partial charge in [0.1, 0.15) is 16.5 Å². The first-order valence-electron chi connectivity index (χ1n) is 13.9. The Morgan fingerprint density at radius 3 is 2.46 bits per heavy atom. The molecule has 0 spiro atoms. The maximum atomic E-state index is 13.2. The molecule has 1 aromatic heterocycles. The summed E-state index contributed by atoms with van der Waals surface area (Å²) in [7, 11) is 3.53. The number of methoxy groups -OCH3 is 1. The first-order chi connectivity index (χ1) is 19.9. The number of ether oxygens (including phenoxy) is 3. The zero-order valence-corrected chi connectivity index (χ0v) is 25.0. The van der Waals surface area contributed by atoms with Gasteiger partial charge in [0, 0.05) is 32.1 Å². The average molecular weight is 572 g/mol. The van der Waals surface area contributed by atoms with Crippen LogP contribution in [0.2, 0.25) is 0 Å². The van der Waals surface area contributed by atoms with Crippen molar-refractivity contribution in [1.82, 2.24) is 14.8 Å². The molecule has 3 aromatic carbocycles. The predicted molar refractivity (Wildman–Crippen MR) is 162 cm³/mol. The summed E-state index contributed by atoms with van der Waals surface area (Å²) in [5.74, 6) is 2.40. The number of amides is 1. The van der Waals surface area contributed by atoms with Crippen molar-refractivity contribution in [2.24, 2.45) is 0 Å². The summed E-state index contributed by atoms with van der Waals surface area (Å²) >= 11 is 1.53. The number of thiazole rings is 1. The molecule has 0 unspecified atom stereocenters. The fourth-order valence-corrected chi connectivity index (χ4v) is 5.73. The number of hydrogen-bond acceptors (Lipinski definition) is 7. The molecule has 1 aliphatic rings. The Morgan fingerprint density at radius 2 is 1.68 bits per heavy atom. The van der Waals surface area contributed by atoms with Gasteiger partial charge in [-0.15, -0.1) is 11.3 Å². The molecule has 0 bridgehead atoms. The monoisotopic (exact) mass is 571 g/mol. The van der Waals surface area contributed by atoms with E-state index in [1.165, 1.54) is 28.0 Å². The Kier molecular flexibility index (Phi) is 9.21. The third-order valence-corrected chi connectivity index (χ3v) is 8.15. The normalized spacial score (nSPS) is 12.1. The van der Waals surface area contributed by atoms with Crippen LogP contribution in [-0.4, -0.2) is 48.2 Å². The van der Waals surface area contributed by atoms with E-state index in [9.17, 15) is 4.79 Å². The highest BCUT2D eigenvalue weighted by Gasteiger charge is 2.19. The molecule has 4 aromatic rings. The molecule has 0 atom stereocenters. The van der Waals surface area contributed by atoms with E-state index in [2.05, 4.69) is 67.3 Å². The van der Waals surface area contributed by atoms with Crippen LogP contribution in [0.25, 0.3) is 0 Å². The highest BCUT2D eigenvalue weighted by atomic mass is 32.1. The minimum Gasteiger partial charge on any atom is -0.496 e. The van der Waals surface area contributed by atoms with Crippen LogP contribution < -0.4 is 14.2 Å². The lowest BCUT2D eigenvalue weighted by molar-refractivity contribution is 0.0791. The van der Waals surface area contributed by atoms with E-state index in [4.69, 9.17) is 19.2 Å². The van der Waals surface area contributed by atoms with Crippen LogP contribution in [0.1, 0.15) is 50.2 Å². The second-order valence-electron chi connectivity index (χ2n) is 10.4. The van der Waals surface area contributed by atoms with Gasteiger partial charge in [-0.2, -0.15) is 0 Å². The van der Waals surface area contributed by atoms with Gasteiger partial charge in [0.25, 0.3) is 5.91 Å². The minimum absolute atomic E-state index is 0.0644. The van der Waals surface area contributed by atoms with Gasteiger partial charge >= 0.3 is 0 Å². The van der Waals surface area contributed by atoms with Crippen molar-refractivity contribution in [1.29, 1.82) is 0 Å². The van der Waals surface area contributed by atoms with Gasteiger partial charge in [0.15, 0.2) is 11.5 Å². The summed E-state index contributed by atoms with van der Waals surface area (Å²) in [6, 6.07) is 21.0. The maximum absolute atomic E-state index is 13.2. The number of nitrogens with zero attached hydrogens (tertiary/aromatic N) is 3. The molecule has 0 radical (unpaired) electrons. The van der Waals surface area contributed by atoms with E-state index >= 15 is 0 Å². The molecule has 0 N–H and O–H groups in total. The molecule has 0 saturated heterocycles. The summed E-state index contributed by atoms with van der Waals surface area (Å²) < 4.78 is 16.6. The molecular formula is C33H37N3O4S. The van der Waals surface area contributed by atoms with Crippen LogP contribution in [0.5, 0.6) is 17.2 Å². The molecule has 214 valence electrons. The lowest BCUT2D eigenvalue weighted by Crippen LogP contribution is -2.29. The Hall–Kier alpha value is -3.88. The standard InChI is InChI=1S/C33H37N3O4S/c1-5-27-12-10-24(16-30(27)38-4)14-15-35(3)33(37)28-21-41-32(34-28)20-36(18-25-8-6-23(2)7-9-25)19-26-11-13-29-31(17-26)40-22-39-29/h6-13,16-17,21H,5,14-15,18-20,22H2,1-4H3. The lowest BCUT2D eigenvalue weighted by atomic mass is 10.1. The van der Waals surface area contributed by atoms with Crippen molar-refractivity contribution in [3.05, 3.63) is 105 Å². The van der Waals surface area contributed by atoms with Crippen molar-refractivity contribution in [2.45, 2.75) is 46.3 Å². The molecule has 1 aliphatic heterocycles. The summed E-state index contributed by atoms with van der Waals surface area (Å²) in [6.07, 6.45) is 1.67. The van der Waals surface area contributed by atoms with Crippen LogP contribution in [0, 0.1) is 6.92 Å². The Morgan fingerprint density at radius 1 is 0.951 bits per heavy atom. The van der Waals surface area contributed by atoms with Gasteiger partial charge in [-0.3, -0.25) is 9.69 Å². The fourth-order valence-electron chi connectivity index (χ4n) is 4.92. The number of aromatic nitrogens is 1. The largest absolute Gasteiger partial charge is 0.496 e. The molecule has 0 aliphatic carbocycles. The molecule has 41 heavy (non-hydrogen) atoms. The fraction of sp³-hybridized carbons (Fsp3) is 0.333. The van der Waals surface area contributed by atoms with E-state index in [0.29, 0.717) is 25.3 Å². The summed E-state index contributed by atoms with van der Waals surface area (Å²) in [4.78, 5) is 22.1.